The maximum absolute atomic E-state index is 14.1. The zero-order chi connectivity index (χ0) is 17.3. The summed E-state index contributed by atoms with van der Waals surface area (Å²) in [7, 11) is 0. The number of thioether (sulfide) groups is 1. The van der Waals surface area contributed by atoms with Crippen molar-refractivity contribution in [3.05, 3.63) is 76.5 Å². The second-order valence-electron chi connectivity index (χ2n) is 6.01. The fourth-order valence-electron chi connectivity index (χ4n) is 3.36. The molecule has 0 aliphatic rings. The van der Waals surface area contributed by atoms with Gasteiger partial charge in [-0.05, 0) is 66.1 Å². The second-order valence-corrected chi connectivity index (χ2v) is 7.31. The van der Waals surface area contributed by atoms with Gasteiger partial charge in [-0.3, -0.25) is 0 Å². The summed E-state index contributed by atoms with van der Waals surface area (Å²) in [6.07, 6.45) is 4.72. The first kappa shape index (κ1) is 17.4. The zero-order valence-electron chi connectivity index (χ0n) is 13.8. The molecule has 1 nitrogen and oxygen atoms in total. The summed E-state index contributed by atoms with van der Waals surface area (Å²) in [5, 5.41) is 1.67. The summed E-state index contributed by atoms with van der Waals surface area (Å²) >= 11 is 7.78. The third-order valence-electron chi connectivity index (χ3n) is 4.44. The van der Waals surface area contributed by atoms with E-state index in [9.17, 15) is 4.39 Å². The molecular formula is C20H20ClFNS. The minimum atomic E-state index is -0.192. The highest BCUT2D eigenvalue weighted by Crippen LogP contribution is 2.37. The van der Waals surface area contributed by atoms with E-state index in [4.69, 9.17) is 11.6 Å². The molecule has 0 bridgehead atoms. The number of rotatable bonds is 5. The molecule has 24 heavy (non-hydrogen) atoms. The minimum Gasteiger partial charge on any atom is -0.361 e. The van der Waals surface area contributed by atoms with Crippen LogP contribution < -0.4 is 0 Å². The molecule has 0 aliphatic heterocycles. The lowest BCUT2D eigenvalue weighted by atomic mass is 9.86. The van der Waals surface area contributed by atoms with Gasteiger partial charge in [0.05, 0.1) is 0 Å². The lowest BCUT2D eigenvalue weighted by Gasteiger charge is -2.18. The predicted molar refractivity (Wildman–Crippen MR) is 103 cm³/mol. The van der Waals surface area contributed by atoms with Crippen molar-refractivity contribution in [1.82, 2.24) is 4.98 Å². The molecule has 0 spiro atoms. The van der Waals surface area contributed by atoms with E-state index in [-0.39, 0.29) is 11.7 Å². The Bertz CT molecular complexity index is 871. The van der Waals surface area contributed by atoms with Gasteiger partial charge in [0.1, 0.15) is 5.82 Å². The Morgan fingerprint density at radius 1 is 1.25 bits per heavy atom. The van der Waals surface area contributed by atoms with Crippen LogP contribution in [-0.2, 0) is 5.75 Å². The summed E-state index contributed by atoms with van der Waals surface area (Å²) in [5.41, 5.74) is 5.43. The van der Waals surface area contributed by atoms with Crippen molar-refractivity contribution in [3.8, 4) is 0 Å². The van der Waals surface area contributed by atoms with Gasteiger partial charge in [0.15, 0.2) is 0 Å². The number of hydrogen-bond donors (Lipinski definition) is 1. The molecule has 125 valence electrons. The van der Waals surface area contributed by atoms with Crippen LogP contribution in [0, 0.1) is 19.7 Å². The van der Waals surface area contributed by atoms with Crippen molar-refractivity contribution >= 4 is 34.3 Å². The van der Waals surface area contributed by atoms with Gasteiger partial charge in [-0.25, -0.2) is 4.39 Å². The van der Waals surface area contributed by atoms with Crippen molar-refractivity contribution in [1.29, 1.82) is 0 Å². The summed E-state index contributed by atoms with van der Waals surface area (Å²) in [6, 6.07) is 9.16. The van der Waals surface area contributed by atoms with Crippen LogP contribution in [0.4, 0.5) is 4.39 Å². The van der Waals surface area contributed by atoms with E-state index >= 15 is 0 Å². The number of aryl methyl sites for hydroxylation is 1. The molecule has 1 unspecified atom stereocenters. The molecular weight excluding hydrogens is 341 g/mol. The molecule has 1 N–H and O–H groups in total. The van der Waals surface area contributed by atoms with Crippen LogP contribution in [0.3, 0.4) is 0 Å². The number of hydrogen-bond acceptors (Lipinski definition) is 1. The monoisotopic (exact) mass is 360 g/mol. The third-order valence-corrected chi connectivity index (χ3v) is 5.27. The largest absolute Gasteiger partial charge is 0.361 e. The van der Waals surface area contributed by atoms with Crippen LogP contribution in [0.15, 0.2) is 36.5 Å². The van der Waals surface area contributed by atoms with Gasteiger partial charge in [-0.2, -0.15) is 11.8 Å². The molecule has 2 aromatic carbocycles. The number of halogens is 2. The highest BCUT2D eigenvalue weighted by Gasteiger charge is 2.20. The first-order valence-electron chi connectivity index (χ1n) is 7.88. The first-order valence-corrected chi connectivity index (χ1v) is 9.66. The van der Waals surface area contributed by atoms with Crippen LogP contribution in [0.25, 0.3) is 10.9 Å². The van der Waals surface area contributed by atoms with Gasteiger partial charge in [-0.1, -0.05) is 24.6 Å². The minimum absolute atomic E-state index is 0.111. The van der Waals surface area contributed by atoms with Gasteiger partial charge in [0.25, 0.3) is 0 Å². The van der Waals surface area contributed by atoms with Crippen molar-refractivity contribution < 1.29 is 4.39 Å². The van der Waals surface area contributed by atoms with E-state index in [0.29, 0.717) is 6.42 Å². The van der Waals surface area contributed by atoms with Crippen LogP contribution in [-0.4, -0.2) is 11.2 Å². The second kappa shape index (κ2) is 7.20. The van der Waals surface area contributed by atoms with Crippen molar-refractivity contribution in [2.24, 2.45) is 0 Å². The molecule has 0 aliphatic carbocycles. The first-order chi connectivity index (χ1) is 11.5. The molecule has 0 fully saturated rings. The Morgan fingerprint density at radius 2 is 2.04 bits per heavy atom. The van der Waals surface area contributed by atoms with Crippen LogP contribution in [0.1, 0.15) is 34.6 Å². The highest BCUT2D eigenvalue weighted by atomic mass is 35.5. The Balaban J connectivity index is 2.16. The maximum atomic E-state index is 14.1. The molecule has 1 radical (unpaired) electrons. The quantitative estimate of drug-likeness (QED) is 0.550. The Kier molecular flexibility index (Phi) is 5.21. The standard InChI is InChI=1S/C20H20ClFNS/c1-4-16(17-6-5-14(21)7-12(17)2)19-10-23-20-13(11-24-3)8-15(22)9-18(19)20/h5-10,16,23H,1,4,11H2,2-3H3. The summed E-state index contributed by atoms with van der Waals surface area (Å²) in [5.74, 6) is 0.700. The van der Waals surface area contributed by atoms with E-state index in [1.165, 1.54) is 5.56 Å². The predicted octanol–water partition coefficient (Wildman–Crippen LogP) is 6.49. The summed E-state index contributed by atoms with van der Waals surface area (Å²) < 4.78 is 14.1. The summed E-state index contributed by atoms with van der Waals surface area (Å²) in [6.45, 7) is 6.18. The molecule has 3 rings (SSSR count). The number of fused-ring (bicyclic) bond motifs is 1. The van der Waals surface area contributed by atoms with Gasteiger partial charge >= 0.3 is 0 Å². The summed E-state index contributed by atoms with van der Waals surface area (Å²) in [4.78, 5) is 3.35. The topological polar surface area (TPSA) is 15.8 Å². The van der Waals surface area contributed by atoms with Crippen LogP contribution in [0.2, 0.25) is 5.02 Å². The highest BCUT2D eigenvalue weighted by molar-refractivity contribution is 7.97. The molecule has 0 amide bonds. The Labute approximate surface area is 151 Å². The number of aromatic nitrogens is 1. The molecule has 1 aromatic heterocycles. The smallest absolute Gasteiger partial charge is 0.124 e. The van der Waals surface area contributed by atoms with E-state index in [1.807, 2.05) is 24.6 Å². The fraction of sp³-hybridized carbons (Fsp3) is 0.250. The van der Waals surface area contributed by atoms with E-state index < -0.39 is 0 Å². The molecule has 1 atom stereocenters. The molecule has 0 saturated heterocycles. The van der Waals surface area contributed by atoms with Crippen molar-refractivity contribution in [2.75, 3.05) is 6.26 Å². The molecule has 1 heterocycles. The van der Waals surface area contributed by atoms with Crippen LogP contribution in [0.5, 0.6) is 0 Å². The third kappa shape index (κ3) is 3.20. The van der Waals surface area contributed by atoms with E-state index in [0.717, 1.165) is 38.4 Å². The van der Waals surface area contributed by atoms with Crippen LogP contribution >= 0.6 is 23.4 Å². The molecule has 0 saturated carbocycles. The molecule has 3 aromatic rings. The van der Waals surface area contributed by atoms with Crippen molar-refractivity contribution in [3.63, 3.8) is 0 Å². The van der Waals surface area contributed by atoms with Gasteiger partial charge < -0.3 is 4.98 Å². The number of aromatic amines is 1. The van der Waals surface area contributed by atoms with Crippen molar-refractivity contribution in [2.45, 2.75) is 25.0 Å². The lowest BCUT2D eigenvalue weighted by Crippen LogP contribution is -2.02. The zero-order valence-corrected chi connectivity index (χ0v) is 15.4. The Hall–Kier alpha value is -1.45. The number of H-pyrrole nitrogens is 1. The average molecular weight is 361 g/mol. The van der Waals surface area contributed by atoms with E-state index in [1.54, 1.807) is 23.9 Å². The van der Waals surface area contributed by atoms with Gasteiger partial charge in [0, 0.05) is 33.8 Å². The van der Waals surface area contributed by atoms with Gasteiger partial charge in [0.2, 0.25) is 0 Å². The number of benzene rings is 2. The number of nitrogens with one attached hydrogen (secondary N) is 1. The maximum Gasteiger partial charge on any atom is 0.124 e. The van der Waals surface area contributed by atoms with E-state index in [2.05, 4.69) is 24.9 Å². The lowest BCUT2D eigenvalue weighted by molar-refractivity contribution is 0.628. The Morgan fingerprint density at radius 3 is 2.71 bits per heavy atom. The molecule has 4 heteroatoms. The fourth-order valence-corrected chi connectivity index (χ4v) is 4.12. The SMILES string of the molecule is [CH2]CC(c1ccc(Cl)cc1C)c1c[nH]c2c(CSC)cc(F)cc12. The average Bonchev–Trinajstić information content (AvgIpc) is 2.94. The normalized spacial score (nSPS) is 12.7. The van der Waals surface area contributed by atoms with Gasteiger partial charge in [-0.15, -0.1) is 0 Å².